The van der Waals surface area contributed by atoms with E-state index >= 15 is 0 Å². The lowest BCUT2D eigenvalue weighted by Gasteiger charge is -2.16. The van der Waals surface area contributed by atoms with E-state index in [2.05, 4.69) is 10.6 Å². The molecule has 1 aliphatic heterocycles. The highest BCUT2D eigenvalue weighted by atomic mass is 16.5. The Morgan fingerprint density at radius 3 is 2.64 bits per heavy atom. The van der Waals surface area contributed by atoms with Crippen molar-refractivity contribution >= 4 is 29.2 Å². The third-order valence-electron chi connectivity index (χ3n) is 4.18. The lowest BCUT2D eigenvalue weighted by atomic mass is 10.2. The monoisotopic (exact) mass is 391 g/mol. The van der Waals surface area contributed by atoms with Crippen LogP contribution in [-0.4, -0.2) is 61.7 Å². The number of aliphatic hydroxyl groups excluding tert-OH is 1. The molecule has 0 radical (unpaired) electrons. The van der Waals surface area contributed by atoms with Crippen LogP contribution in [0.2, 0.25) is 0 Å². The highest BCUT2D eigenvalue weighted by Gasteiger charge is 2.34. The number of aliphatic hydroxyl groups is 1. The van der Waals surface area contributed by atoms with Crippen LogP contribution >= 0.6 is 0 Å². The van der Waals surface area contributed by atoms with Crippen molar-refractivity contribution in [3.8, 4) is 5.75 Å². The number of methoxy groups -OCH3 is 2. The molecular formula is C19H25N3O6. The van der Waals surface area contributed by atoms with Gasteiger partial charge in [-0.15, -0.1) is 0 Å². The van der Waals surface area contributed by atoms with Crippen molar-refractivity contribution in [2.75, 3.05) is 44.5 Å². The zero-order chi connectivity index (χ0) is 20.7. The summed E-state index contributed by atoms with van der Waals surface area (Å²) < 4.78 is 10.1. The van der Waals surface area contributed by atoms with Gasteiger partial charge in [-0.2, -0.15) is 0 Å². The summed E-state index contributed by atoms with van der Waals surface area (Å²) in [4.78, 5) is 37.8. The second-order valence-corrected chi connectivity index (χ2v) is 6.13. The smallest absolute Gasteiger partial charge is 0.337 e. The lowest BCUT2D eigenvalue weighted by Crippen LogP contribution is -2.31. The molecule has 0 saturated carbocycles. The number of amides is 2. The van der Waals surface area contributed by atoms with Crippen LogP contribution in [0.15, 0.2) is 29.5 Å². The molecule has 9 nitrogen and oxygen atoms in total. The van der Waals surface area contributed by atoms with Crippen LogP contribution in [0.5, 0.6) is 5.75 Å². The Balaban J connectivity index is 2.28. The normalized spacial score (nSPS) is 13.6. The van der Waals surface area contributed by atoms with E-state index in [0.717, 1.165) is 6.42 Å². The van der Waals surface area contributed by atoms with Crippen molar-refractivity contribution < 1.29 is 29.0 Å². The zero-order valence-corrected chi connectivity index (χ0v) is 16.2. The molecule has 0 bridgehead atoms. The Hall–Kier alpha value is -3.07. The summed E-state index contributed by atoms with van der Waals surface area (Å²) in [6.45, 7) is 1.86. The topological polar surface area (TPSA) is 117 Å². The second kappa shape index (κ2) is 9.75. The van der Waals surface area contributed by atoms with Crippen molar-refractivity contribution in [1.82, 2.24) is 4.90 Å². The third kappa shape index (κ3) is 4.80. The van der Waals surface area contributed by atoms with Gasteiger partial charge in [-0.1, -0.05) is 6.92 Å². The molecular weight excluding hydrogens is 366 g/mol. The molecule has 28 heavy (non-hydrogen) atoms. The van der Waals surface area contributed by atoms with Gasteiger partial charge in [0.05, 0.1) is 38.6 Å². The van der Waals surface area contributed by atoms with Crippen molar-refractivity contribution in [2.24, 2.45) is 0 Å². The number of esters is 1. The highest BCUT2D eigenvalue weighted by molar-refractivity contribution is 6.08. The molecule has 0 atom stereocenters. The number of nitrogens with one attached hydrogen (secondary N) is 2. The average Bonchev–Trinajstić information content (AvgIpc) is 2.98. The van der Waals surface area contributed by atoms with E-state index < -0.39 is 11.9 Å². The minimum Gasteiger partial charge on any atom is -0.494 e. The molecule has 0 saturated heterocycles. The molecule has 2 amide bonds. The van der Waals surface area contributed by atoms with E-state index in [1.807, 2.05) is 6.92 Å². The molecule has 152 valence electrons. The summed E-state index contributed by atoms with van der Waals surface area (Å²) in [7, 11) is 2.71. The van der Waals surface area contributed by atoms with Crippen LogP contribution in [-0.2, 0) is 19.1 Å². The number of anilines is 2. The van der Waals surface area contributed by atoms with Crippen LogP contribution in [0.4, 0.5) is 11.4 Å². The Labute approximate surface area is 163 Å². The highest BCUT2D eigenvalue weighted by Crippen LogP contribution is 2.30. The summed E-state index contributed by atoms with van der Waals surface area (Å²) in [6.07, 6.45) is 1.12. The predicted octanol–water partition coefficient (Wildman–Crippen LogP) is 1.11. The summed E-state index contributed by atoms with van der Waals surface area (Å²) in [5.41, 5.74) is 1.28. The SMILES string of the molecule is CCCC(=O)Nc1ccc(NC2=C(C(=O)OC)CN(CCO)C2=O)cc1OC. The first-order valence-electron chi connectivity index (χ1n) is 8.91. The first kappa shape index (κ1) is 21.2. The lowest BCUT2D eigenvalue weighted by molar-refractivity contribution is -0.136. The number of ether oxygens (including phenoxy) is 2. The standard InChI is InChI=1S/C19H25N3O6/c1-4-5-16(24)21-14-7-6-12(10-15(14)27-2)20-17-13(19(26)28-3)11-22(8-9-23)18(17)25/h6-7,10,20,23H,4-5,8-9,11H2,1-3H3,(H,21,24). The zero-order valence-electron chi connectivity index (χ0n) is 16.2. The Morgan fingerprint density at radius 1 is 1.29 bits per heavy atom. The van der Waals surface area contributed by atoms with E-state index in [-0.39, 0.29) is 36.9 Å². The van der Waals surface area contributed by atoms with Gasteiger partial charge in [0.2, 0.25) is 5.91 Å². The molecule has 1 aromatic rings. The molecule has 0 aromatic heterocycles. The first-order valence-corrected chi connectivity index (χ1v) is 8.91. The van der Waals surface area contributed by atoms with Gasteiger partial charge in [0.25, 0.3) is 5.91 Å². The van der Waals surface area contributed by atoms with E-state index in [1.54, 1.807) is 18.2 Å². The number of rotatable bonds is 9. The number of hydrogen-bond acceptors (Lipinski definition) is 7. The van der Waals surface area contributed by atoms with Gasteiger partial charge in [-0.3, -0.25) is 9.59 Å². The van der Waals surface area contributed by atoms with Gasteiger partial charge >= 0.3 is 5.97 Å². The average molecular weight is 391 g/mol. The van der Waals surface area contributed by atoms with Gasteiger partial charge in [-0.05, 0) is 18.6 Å². The molecule has 0 spiro atoms. The van der Waals surface area contributed by atoms with Gasteiger partial charge in [-0.25, -0.2) is 4.79 Å². The number of nitrogens with zero attached hydrogens (tertiary/aromatic N) is 1. The van der Waals surface area contributed by atoms with Crippen LogP contribution in [0.3, 0.4) is 0 Å². The predicted molar refractivity (Wildman–Crippen MR) is 103 cm³/mol. The number of carbonyl (C=O) groups excluding carboxylic acids is 3. The van der Waals surface area contributed by atoms with Gasteiger partial charge in [0.15, 0.2) is 0 Å². The minimum absolute atomic E-state index is 0.0523. The van der Waals surface area contributed by atoms with Crippen molar-refractivity contribution in [1.29, 1.82) is 0 Å². The van der Waals surface area contributed by atoms with E-state index in [0.29, 0.717) is 23.5 Å². The van der Waals surface area contributed by atoms with E-state index in [9.17, 15) is 14.4 Å². The van der Waals surface area contributed by atoms with Gasteiger partial charge in [0, 0.05) is 24.7 Å². The first-order chi connectivity index (χ1) is 13.4. The van der Waals surface area contributed by atoms with Crippen LogP contribution in [0, 0.1) is 0 Å². The molecule has 0 aliphatic carbocycles. The third-order valence-corrected chi connectivity index (χ3v) is 4.18. The number of carbonyl (C=O) groups is 3. The van der Waals surface area contributed by atoms with Crippen LogP contribution in [0.25, 0.3) is 0 Å². The maximum Gasteiger partial charge on any atom is 0.337 e. The second-order valence-electron chi connectivity index (χ2n) is 6.13. The molecule has 1 aliphatic rings. The van der Waals surface area contributed by atoms with Crippen LogP contribution in [0.1, 0.15) is 19.8 Å². The molecule has 0 fully saturated rings. The van der Waals surface area contributed by atoms with Crippen molar-refractivity contribution in [3.63, 3.8) is 0 Å². The Kier molecular flexibility index (Phi) is 7.39. The maximum atomic E-state index is 12.6. The molecule has 3 N–H and O–H groups in total. The quantitative estimate of drug-likeness (QED) is 0.540. The summed E-state index contributed by atoms with van der Waals surface area (Å²) in [6, 6.07) is 4.93. The fraction of sp³-hybridized carbons (Fsp3) is 0.421. The number of benzene rings is 1. The van der Waals surface area contributed by atoms with Crippen molar-refractivity contribution in [2.45, 2.75) is 19.8 Å². The molecule has 1 heterocycles. The minimum atomic E-state index is -0.619. The largest absolute Gasteiger partial charge is 0.494 e. The maximum absolute atomic E-state index is 12.6. The van der Waals surface area contributed by atoms with E-state index in [4.69, 9.17) is 14.6 Å². The molecule has 1 aromatic carbocycles. The van der Waals surface area contributed by atoms with Crippen LogP contribution < -0.4 is 15.4 Å². The van der Waals surface area contributed by atoms with E-state index in [1.165, 1.54) is 19.1 Å². The number of β-amino-alcohol motifs (C(OH)–C–C–N with tert-alkyl or cyclic N) is 1. The Bertz CT molecular complexity index is 790. The summed E-state index contributed by atoms with van der Waals surface area (Å²) in [5, 5.41) is 14.8. The summed E-state index contributed by atoms with van der Waals surface area (Å²) in [5.74, 6) is -0.740. The fourth-order valence-corrected chi connectivity index (χ4v) is 2.81. The molecule has 0 unspecified atom stereocenters. The van der Waals surface area contributed by atoms with Gasteiger partial charge in [0.1, 0.15) is 11.4 Å². The molecule has 2 rings (SSSR count). The fourth-order valence-electron chi connectivity index (χ4n) is 2.81. The summed E-state index contributed by atoms with van der Waals surface area (Å²) >= 11 is 0. The van der Waals surface area contributed by atoms with Gasteiger partial charge < -0.3 is 30.1 Å². The number of hydrogen-bond donors (Lipinski definition) is 3. The molecule has 9 heteroatoms. The Morgan fingerprint density at radius 2 is 2.04 bits per heavy atom. The van der Waals surface area contributed by atoms with Crippen molar-refractivity contribution in [3.05, 3.63) is 29.5 Å².